The van der Waals surface area contributed by atoms with Gasteiger partial charge in [0.15, 0.2) is 5.82 Å². The van der Waals surface area contributed by atoms with E-state index in [4.69, 9.17) is 0 Å². The number of aromatic carboxylic acids is 1. The van der Waals surface area contributed by atoms with Crippen molar-refractivity contribution >= 4 is 11.8 Å². The van der Waals surface area contributed by atoms with Crippen molar-refractivity contribution in [2.24, 2.45) is 0 Å². The second kappa shape index (κ2) is 6.29. The molecule has 1 aliphatic rings. The first kappa shape index (κ1) is 16.3. The van der Waals surface area contributed by atoms with E-state index in [9.17, 15) is 9.90 Å². The number of fused-ring (bicyclic) bond motifs is 1. The number of hydrogen-bond acceptors (Lipinski definition) is 4. The van der Waals surface area contributed by atoms with E-state index in [2.05, 4.69) is 22.3 Å². The fourth-order valence-electron chi connectivity index (χ4n) is 3.39. The SMILES string of the molecule is Cc1cccc(-n2nc(C(=O)O)c(N3CCc4ccccc4C3)n2)c1C. The average Bonchev–Trinajstić information content (AvgIpc) is 3.09. The summed E-state index contributed by atoms with van der Waals surface area (Å²) in [6.45, 7) is 5.37. The lowest BCUT2D eigenvalue weighted by atomic mass is 10.00. The summed E-state index contributed by atoms with van der Waals surface area (Å²) in [6, 6.07) is 14.1. The Balaban J connectivity index is 1.76. The molecule has 1 aliphatic heterocycles. The van der Waals surface area contributed by atoms with Crippen LogP contribution in [0.15, 0.2) is 42.5 Å². The predicted octanol–water partition coefficient (Wildman–Crippen LogP) is 3.15. The third-order valence-corrected chi connectivity index (χ3v) is 5.02. The summed E-state index contributed by atoms with van der Waals surface area (Å²) in [5.74, 6) is -0.636. The zero-order valence-corrected chi connectivity index (χ0v) is 14.8. The van der Waals surface area contributed by atoms with Crippen LogP contribution in [0.5, 0.6) is 0 Å². The van der Waals surface area contributed by atoms with Gasteiger partial charge >= 0.3 is 5.97 Å². The van der Waals surface area contributed by atoms with Crippen LogP contribution in [-0.2, 0) is 13.0 Å². The van der Waals surface area contributed by atoms with Gasteiger partial charge in [-0.15, -0.1) is 15.0 Å². The fraction of sp³-hybridized carbons (Fsp3) is 0.250. The Morgan fingerprint density at radius 3 is 2.58 bits per heavy atom. The van der Waals surface area contributed by atoms with Gasteiger partial charge in [0.25, 0.3) is 0 Å². The number of carbonyl (C=O) groups is 1. The molecule has 0 unspecified atom stereocenters. The molecule has 0 fully saturated rings. The molecular formula is C20H20N4O2. The Kier molecular flexibility index (Phi) is 3.95. The van der Waals surface area contributed by atoms with Gasteiger partial charge in [0.05, 0.1) is 5.69 Å². The largest absolute Gasteiger partial charge is 0.476 e. The summed E-state index contributed by atoms with van der Waals surface area (Å²) in [4.78, 5) is 15.2. The minimum absolute atomic E-state index is 0.00899. The molecule has 0 aliphatic carbocycles. The second-order valence-electron chi connectivity index (χ2n) is 6.63. The predicted molar refractivity (Wildman–Crippen MR) is 99.0 cm³/mol. The lowest BCUT2D eigenvalue weighted by molar-refractivity contribution is 0.0690. The van der Waals surface area contributed by atoms with Gasteiger partial charge in [-0.05, 0) is 48.6 Å². The number of benzene rings is 2. The Hall–Kier alpha value is -3.15. The Bertz CT molecular complexity index is 993. The van der Waals surface area contributed by atoms with Crippen LogP contribution in [0, 0.1) is 13.8 Å². The molecule has 6 heteroatoms. The van der Waals surface area contributed by atoms with Crippen LogP contribution in [0.2, 0.25) is 0 Å². The molecule has 0 spiro atoms. The maximum atomic E-state index is 11.8. The van der Waals surface area contributed by atoms with Crippen molar-refractivity contribution in [2.45, 2.75) is 26.8 Å². The summed E-state index contributed by atoms with van der Waals surface area (Å²) in [5, 5.41) is 18.5. The molecule has 132 valence electrons. The molecule has 0 amide bonds. The highest BCUT2D eigenvalue weighted by Crippen LogP contribution is 2.26. The molecule has 4 rings (SSSR count). The average molecular weight is 348 g/mol. The molecule has 6 nitrogen and oxygen atoms in total. The molecular weight excluding hydrogens is 328 g/mol. The Morgan fingerprint density at radius 2 is 1.81 bits per heavy atom. The van der Waals surface area contributed by atoms with Crippen LogP contribution < -0.4 is 4.90 Å². The van der Waals surface area contributed by atoms with Crippen LogP contribution in [0.4, 0.5) is 5.82 Å². The number of carboxylic acids is 1. The van der Waals surface area contributed by atoms with E-state index in [1.54, 1.807) is 0 Å². The lowest BCUT2D eigenvalue weighted by Gasteiger charge is -2.28. The first-order chi connectivity index (χ1) is 12.5. The van der Waals surface area contributed by atoms with Crippen molar-refractivity contribution < 1.29 is 9.90 Å². The van der Waals surface area contributed by atoms with Gasteiger partial charge in [-0.25, -0.2) is 4.79 Å². The zero-order valence-electron chi connectivity index (χ0n) is 14.8. The third-order valence-electron chi connectivity index (χ3n) is 5.02. The second-order valence-corrected chi connectivity index (χ2v) is 6.63. The maximum Gasteiger partial charge on any atom is 0.360 e. The highest BCUT2D eigenvalue weighted by Gasteiger charge is 2.26. The van der Waals surface area contributed by atoms with Crippen molar-refractivity contribution in [3.63, 3.8) is 0 Å². The summed E-state index contributed by atoms with van der Waals surface area (Å²) >= 11 is 0. The standard InChI is InChI=1S/C20H20N4O2/c1-13-6-5-9-17(14(13)2)24-21-18(20(25)26)19(22-24)23-11-10-15-7-3-4-8-16(15)12-23/h3-9H,10-12H2,1-2H3,(H,25,26). The van der Waals surface area contributed by atoms with E-state index >= 15 is 0 Å². The minimum Gasteiger partial charge on any atom is -0.476 e. The Morgan fingerprint density at radius 1 is 1.04 bits per heavy atom. The van der Waals surface area contributed by atoms with Crippen molar-refractivity contribution in [1.29, 1.82) is 0 Å². The van der Waals surface area contributed by atoms with Crippen LogP contribution >= 0.6 is 0 Å². The molecule has 2 aromatic carbocycles. The maximum absolute atomic E-state index is 11.8. The molecule has 0 saturated heterocycles. The number of aryl methyl sites for hydroxylation is 1. The summed E-state index contributed by atoms with van der Waals surface area (Å²) in [5.41, 5.74) is 5.46. The topological polar surface area (TPSA) is 71.2 Å². The van der Waals surface area contributed by atoms with Gasteiger partial charge in [-0.3, -0.25) is 0 Å². The molecule has 0 bridgehead atoms. The van der Waals surface area contributed by atoms with Gasteiger partial charge in [-0.2, -0.15) is 0 Å². The number of carboxylic acid groups (broad SMARTS) is 1. The van der Waals surface area contributed by atoms with Crippen molar-refractivity contribution in [1.82, 2.24) is 15.0 Å². The molecule has 0 saturated carbocycles. The first-order valence-electron chi connectivity index (χ1n) is 8.63. The number of aromatic nitrogens is 3. The first-order valence-corrected chi connectivity index (χ1v) is 8.63. The van der Waals surface area contributed by atoms with Crippen molar-refractivity contribution in [2.75, 3.05) is 11.4 Å². The van der Waals surface area contributed by atoms with Gasteiger partial charge in [0.1, 0.15) is 0 Å². The summed E-state index contributed by atoms with van der Waals surface area (Å²) in [6.07, 6.45) is 0.867. The molecule has 3 aromatic rings. The van der Waals surface area contributed by atoms with E-state index in [1.165, 1.54) is 15.9 Å². The third kappa shape index (κ3) is 2.73. The molecule has 0 atom stereocenters. The minimum atomic E-state index is -1.06. The van der Waals surface area contributed by atoms with Crippen LogP contribution in [0.25, 0.3) is 5.69 Å². The van der Waals surface area contributed by atoms with E-state index in [1.807, 2.05) is 49.1 Å². The number of hydrogen-bond donors (Lipinski definition) is 1. The number of nitrogens with zero attached hydrogens (tertiary/aromatic N) is 4. The molecule has 0 radical (unpaired) electrons. The number of anilines is 1. The number of rotatable bonds is 3. The Labute approximate surface area is 151 Å². The quantitative estimate of drug-likeness (QED) is 0.787. The normalized spacial score (nSPS) is 13.5. The van der Waals surface area contributed by atoms with Crippen LogP contribution in [0.3, 0.4) is 0 Å². The molecule has 2 heterocycles. The highest BCUT2D eigenvalue weighted by molar-refractivity contribution is 5.91. The van der Waals surface area contributed by atoms with Crippen molar-refractivity contribution in [3.05, 3.63) is 70.4 Å². The zero-order chi connectivity index (χ0) is 18.3. The molecule has 26 heavy (non-hydrogen) atoms. The van der Waals surface area contributed by atoms with Gasteiger partial charge in [0, 0.05) is 13.1 Å². The van der Waals surface area contributed by atoms with E-state index in [0.29, 0.717) is 12.4 Å². The van der Waals surface area contributed by atoms with Crippen LogP contribution in [0.1, 0.15) is 32.7 Å². The highest BCUT2D eigenvalue weighted by atomic mass is 16.4. The van der Waals surface area contributed by atoms with Gasteiger partial charge in [0.2, 0.25) is 5.69 Å². The van der Waals surface area contributed by atoms with Crippen molar-refractivity contribution in [3.8, 4) is 5.69 Å². The molecule has 1 N–H and O–H groups in total. The van der Waals surface area contributed by atoms with E-state index in [-0.39, 0.29) is 5.69 Å². The summed E-state index contributed by atoms with van der Waals surface area (Å²) < 4.78 is 0. The van der Waals surface area contributed by atoms with Crippen LogP contribution in [-0.4, -0.2) is 32.6 Å². The van der Waals surface area contributed by atoms with E-state index < -0.39 is 5.97 Å². The van der Waals surface area contributed by atoms with Gasteiger partial charge in [-0.1, -0.05) is 36.4 Å². The van der Waals surface area contributed by atoms with Gasteiger partial charge < -0.3 is 10.0 Å². The molecule has 1 aromatic heterocycles. The fourth-order valence-corrected chi connectivity index (χ4v) is 3.39. The smallest absolute Gasteiger partial charge is 0.360 e. The monoisotopic (exact) mass is 348 g/mol. The summed E-state index contributed by atoms with van der Waals surface area (Å²) in [7, 11) is 0. The lowest BCUT2D eigenvalue weighted by Crippen LogP contribution is -2.31. The van der Waals surface area contributed by atoms with E-state index in [0.717, 1.165) is 29.8 Å².